The van der Waals surface area contributed by atoms with Gasteiger partial charge >= 0.3 is 0 Å². The molecule has 1 aliphatic rings. The first-order chi connectivity index (χ1) is 8.63. The Morgan fingerprint density at radius 1 is 1.33 bits per heavy atom. The van der Waals surface area contributed by atoms with E-state index in [1.165, 1.54) is 23.6 Å². The van der Waals surface area contributed by atoms with E-state index in [1.54, 1.807) is 0 Å². The summed E-state index contributed by atoms with van der Waals surface area (Å²) in [6.07, 6.45) is 3.28. The van der Waals surface area contributed by atoms with Crippen LogP contribution in [0.15, 0.2) is 22.7 Å². The zero-order valence-electron chi connectivity index (χ0n) is 10.1. The summed E-state index contributed by atoms with van der Waals surface area (Å²) >= 11 is 5.21. The lowest BCUT2D eigenvalue weighted by atomic mass is 9.94. The number of ketones is 1. The second kappa shape index (κ2) is 6.71. The van der Waals surface area contributed by atoms with Crippen LogP contribution in [0.2, 0.25) is 0 Å². The van der Waals surface area contributed by atoms with Crippen molar-refractivity contribution in [3.05, 3.63) is 34.1 Å². The first-order valence-corrected chi connectivity index (χ1v) is 8.12. The fraction of sp³-hybridized carbons (Fsp3) is 0.500. The van der Waals surface area contributed by atoms with Crippen LogP contribution in [0.4, 0.5) is 4.39 Å². The minimum atomic E-state index is -0.291. The van der Waals surface area contributed by atoms with Crippen LogP contribution in [0, 0.1) is 11.7 Å². The second-order valence-electron chi connectivity index (χ2n) is 4.75. The number of rotatable bonds is 4. The van der Waals surface area contributed by atoms with Crippen molar-refractivity contribution >= 4 is 33.5 Å². The highest BCUT2D eigenvalue weighted by atomic mass is 79.9. The van der Waals surface area contributed by atoms with E-state index >= 15 is 0 Å². The van der Waals surface area contributed by atoms with Gasteiger partial charge in [0, 0.05) is 17.3 Å². The summed E-state index contributed by atoms with van der Waals surface area (Å²) in [5.41, 5.74) is 0.761. The second-order valence-corrected chi connectivity index (χ2v) is 6.89. The highest BCUT2D eigenvalue weighted by Crippen LogP contribution is 2.26. The van der Waals surface area contributed by atoms with E-state index in [4.69, 9.17) is 0 Å². The SMILES string of the molecule is O=C(Cc1cc(F)cc(Br)c1)CC1CCSCC1. The Hall–Kier alpha value is -0.350. The van der Waals surface area contributed by atoms with Crippen LogP contribution < -0.4 is 0 Å². The Labute approximate surface area is 120 Å². The molecule has 2 rings (SSSR count). The third-order valence-corrected chi connectivity index (χ3v) is 4.69. The summed E-state index contributed by atoms with van der Waals surface area (Å²) in [5, 5.41) is 0. The summed E-state index contributed by atoms with van der Waals surface area (Å²) in [6, 6.07) is 4.67. The lowest BCUT2D eigenvalue weighted by Crippen LogP contribution is -2.15. The number of carbonyl (C=O) groups is 1. The summed E-state index contributed by atoms with van der Waals surface area (Å²) in [4.78, 5) is 12.0. The molecule has 0 aromatic heterocycles. The smallest absolute Gasteiger partial charge is 0.137 e. The molecule has 1 aliphatic heterocycles. The summed E-state index contributed by atoms with van der Waals surface area (Å²) < 4.78 is 13.9. The Bertz CT molecular complexity index is 410. The van der Waals surface area contributed by atoms with Crippen LogP contribution in [-0.2, 0) is 11.2 Å². The molecule has 0 saturated carbocycles. The first kappa shape index (κ1) is 14.1. The molecule has 18 heavy (non-hydrogen) atoms. The van der Waals surface area contributed by atoms with Gasteiger partial charge in [-0.2, -0.15) is 11.8 Å². The average molecular weight is 331 g/mol. The van der Waals surface area contributed by atoms with E-state index in [-0.39, 0.29) is 11.6 Å². The molecule has 0 unspecified atom stereocenters. The van der Waals surface area contributed by atoms with Gasteiger partial charge in [0.25, 0.3) is 0 Å². The number of Topliss-reactive ketones (excluding diaryl/α,β-unsaturated/α-hetero) is 1. The first-order valence-electron chi connectivity index (χ1n) is 6.18. The van der Waals surface area contributed by atoms with E-state index in [0.29, 0.717) is 23.2 Å². The molecule has 0 aliphatic carbocycles. The van der Waals surface area contributed by atoms with Crippen molar-refractivity contribution in [3.8, 4) is 0 Å². The minimum Gasteiger partial charge on any atom is -0.299 e. The van der Waals surface area contributed by atoms with E-state index in [2.05, 4.69) is 15.9 Å². The van der Waals surface area contributed by atoms with Crippen LogP contribution in [0.1, 0.15) is 24.8 Å². The predicted molar refractivity (Wildman–Crippen MR) is 77.5 cm³/mol. The minimum absolute atomic E-state index is 0.226. The molecule has 98 valence electrons. The third-order valence-electron chi connectivity index (χ3n) is 3.18. The number of hydrogen-bond acceptors (Lipinski definition) is 2. The molecule has 1 fully saturated rings. The normalized spacial score (nSPS) is 16.8. The predicted octanol–water partition coefficient (Wildman–Crippen LogP) is 4.23. The molecular formula is C14H16BrFOS. The van der Waals surface area contributed by atoms with Crippen molar-refractivity contribution in [2.75, 3.05) is 11.5 Å². The van der Waals surface area contributed by atoms with Gasteiger partial charge in [0.05, 0.1) is 0 Å². The highest BCUT2D eigenvalue weighted by Gasteiger charge is 2.17. The van der Waals surface area contributed by atoms with Crippen LogP contribution >= 0.6 is 27.7 Å². The Balaban J connectivity index is 1.89. The van der Waals surface area contributed by atoms with Crippen molar-refractivity contribution in [3.63, 3.8) is 0 Å². The van der Waals surface area contributed by atoms with Crippen molar-refractivity contribution < 1.29 is 9.18 Å². The highest BCUT2D eigenvalue weighted by molar-refractivity contribution is 9.10. The number of thioether (sulfide) groups is 1. The quantitative estimate of drug-likeness (QED) is 0.821. The van der Waals surface area contributed by atoms with Gasteiger partial charge in [0.15, 0.2) is 0 Å². The molecule has 0 amide bonds. The van der Waals surface area contributed by atoms with Crippen LogP contribution in [0.5, 0.6) is 0 Å². The summed E-state index contributed by atoms with van der Waals surface area (Å²) in [6.45, 7) is 0. The Morgan fingerprint density at radius 2 is 2.06 bits per heavy atom. The van der Waals surface area contributed by atoms with E-state index in [9.17, 15) is 9.18 Å². The molecule has 1 saturated heterocycles. The van der Waals surface area contributed by atoms with E-state index < -0.39 is 0 Å². The molecule has 1 nitrogen and oxygen atoms in total. The van der Waals surface area contributed by atoms with Gasteiger partial charge in [-0.3, -0.25) is 4.79 Å². The van der Waals surface area contributed by atoms with Gasteiger partial charge in [-0.15, -0.1) is 0 Å². The van der Waals surface area contributed by atoms with Crippen molar-refractivity contribution in [1.29, 1.82) is 0 Å². The van der Waals surface area contributed by atoms with Gasteiger partial charge in [0.1, 0.15) is 11.6 Å². The fourth-order valence-electron chi connectivity index (χ4n) is 2.29. The van der Waals surface area contributed by atoms with Gasteiger partial charge < -0.3 is 0 Å². The van der Waals surface area contributed by atoms with Crippen molar-refractivity contribution in [2.24, 2.45) is 5.92 Å². The number of halogens is 2. The fourth-order valence-corrected chi connectivity index (χ4v) is 4.00. The summed E-state index contributed by atoms with van der Waals surface area (Å²) in [5.74, 6) is 2.81. The van der Waals surface area contributed by atoms with Gasteiger partial charge in [-0.05, 0) is 54.0 Å². The molecular weight excluding hydrogens is 315 g/mol. The van der Waals surface area contributed by atoms with Crippen LogP contribution in [0.25, 0.3) is 0 Å². The molecule has 1 heterocycles. The number of carbonyl (C=O) groups excluding carboxylic acids is 1. The monoisotopic (exact) mass is 330 g/mol. The zero-order chi connectivity index (χ0) is 13.0. The van der Waals surface area contributed by atoms with E-state index in [1.807, 2.05) is 17.8 Å². The Kier molecular flexibility index (Phi) is 5.25. The average Bonchev–Trinajstić information content (AvgIpc) is 2.28. The molecule has 1 aromatic carbocycles. The lowest BCUT2D eigenvalue weighted by Gasteiger charge is -2.20. The van der Waals surface area contributed by atoms with Crippen molar-refractivity contribution in [2.45, 2.75) is 25.7 Å². The largest absolute Gasteiger partial charge is 0.299 e. The molecule has 0 atom stereocenters. The van der Waals surface area contributed by atoms with Crippen molar-refractivity contribution in [1.82, 2.24) is 0 Å². The number of benzene rings is 1. The molecule has 0 bridgehead atoms. The molecule has 1 aromatic rings. The lowest BCUT2D eigenvalue weighted by molar-refractivity contribution is -0.119. The van der Waals surface area contributed by atoms with Gasteiger partial charge in [-0.1, -0.05) is 15.9 Å². The third kappa shape index (κ3) is 4.39. The maximum Gasteiger partial charge on any atom is 0.137 e. The maximum atomic E-state index is 13.2. The molecule has 0 spiro atoms. The zero-order valence-corrected chi connectivity index (χ0v) is 12.5. The molecule has 0 N–H and O–H groups in total. The van der Waals surface area contributed by atoms with Gasteiger partial charge in [0.2, 0.25) is 0 Å². The summed E-state index contributed by atoms with van der Waals surface area (Å²) in [7, 11) is 0. The number of hydrogen-bond donors (Lipinski definition) is 0. The maximum absolute atomic E-state index is 13.2. The van der Waals surface area contributed by atoms with Gasteiger partial charge in [-0.25, -0.2) is 4.39 Å². The van der Waals surface area contributed by atoms with Crippen LogP contribution in [-0.4, -0.2) is 17.3 Å². The molecule has 0 radical (unpaired) electrons. The van der Waals surface area contributed by atoms with Crippen LogP contribution in [0.3, 0.4) is 0 Å². The topological polar surface area (TPSA) is 17.1 Å². The van der Waals surface area contributed by atoms with E-state index in [0.717, 1.165) is 18.4 Å². The Morgan fingerprint density at radius 3 is 2.72 bits per heavy atom. The standard InChI is InChI=1S/C14H16BrFOS/c15-12-5-11(6-13(16)9-12)8-14(17)7-10-1-3-18-4-2-10/h5-6,9-10H,1-4,7-8H2. The molecule has 4 heteroatoms.